The fourth-order valence-electron chi connectivity index (χ4n) is 3.21. The highest BCUT2D eigenvalue weighted by Crippen LogP contribution is 2.31. The summed E-state index contributed by atoms with van der Waals surface area (Å²) in [4.78, 5) is 29.1. The molecule has 0 bridgehead atoms. The summed E-state index contributed by atoms with van der Waals surface area (Å²) in [5.41, 5.74) is 13.5. The SMILES string of the molecule is CCn1nc(C)cc1C(=O)Nc1nc2cc(C(N)=O)cc(OC)c2n1CC=CCN. The van der Waals surface area contributed by atoms with Gasteiger partial charge in [0.05, 0.1) is 18.3 Å². The summed E-state index contributed by atoms with van der Waals surface area (Å²) < 4.78 is 8.87. The van der Waals surface area contributed by atoms with Gasteiger partial charge in [0, 0.05) is 25.2 Å². The van der Waals surface area contributed by atoms with E-state index in [0.29, 0.717) is 48.1 Å². The van der Waals surface area contributed by atoms with Gasteiger partial charge in [-0.3, -0.25) is 19.6 Å². The fraction of sp³-hybridized carbons (Fsp3) is 0.300. The van der Waals surface area contributed by atoms with Crippen molar-refractivity contribution in [2.75, 3.05) is 19.0 Å². The smallest absolute Gasteiger partial charge is 0.276 e. The Morgan fingerprint density at radius 3 is 2.67 bits per heavy atom. The number of hydrogen-bond acceptors (Lipinski definition) is 6. The van der Waals surface area contributed by atoms with Crippen LogP contribution in [-0.2, 0) is 13.1 Å². The van der Waals surface area contributed by atoms with Crippen LogP contribution in [0.5, 0.6) is 5.75 Å². The number of carbonyl (C=O) groups is 2. The van der Waals surface area contributed by atoms with E-state index in [2.05, 4.69) is 15.4 Å². The molecular weight excluding hydrogens is 386 g/mol. The summed E-state index contributed by atoms with van der Waals surface area (Å²) >= 11 is 0. The van der Waals surface area contributed by atoms with Crippen LogP contribution in [0, 0.1) is 6.92 Å². The van der Waals surface area contributed by atoms with Crippen molar-refractivity contribution >= 4 is 28.8 Å². The molecule has 10 nitrogen and oxygen atoms in total. The number of methoxy groups -OCH3 is 1. The van der Waals surface area contributed by atoms with Crippen LogP contribution in [0.25, 0.3) is 11.0 Å². The van der Waals surface area contributed by atoms with Gasteiger partial charge in [0.1, 0.15) is 17.0 Å². The predicted octanol–water partition coefficient (Wildman–Crippen LogP) is 1.44. The molecule has 2 amide bonds. The van der Waals surface area contributed by atoms with Crippen LogP contribution < -0.4 is 21.5 Å². The van der Waals surface area contributed by atoms with Gasteiger partial charge in [-0.05, 0) is 32.0 Å². The Bertz CT molecular complexity index is 1130. The molecule has 2 aromatic heterocycles. The molecule has 0 fully saturated rings. The molecule has 0 unspecified atom stereocenters. The Labute approximate surface area is 173 Å². The number of nitrogens with zero attached hydrogens (tertiary/aromatic N) is 4. The summed E-state index contributed by atoms with van der Waals surface area (Å²) in [5, 5.41) is 7.15. The zero-order valence-electron chi connectivity index (χ0n) is 17.2. The minimum Gasteiger partial charge on any atom is -0.494 e. The highest BCUT2D eigenvalue weighted by molar-refractivity contribution is 6.04. The summed E-state index contributed by atoms with van der Waals surface area (Å²) in [6.07, 6.45) is 3.66. The van der Waals surface area contributed by atoms with Gasteiger partial charge < -0.3 is 20.8 Å². The molecule has 0 aliphatic rings. The van der Waals surface area contributed by atoms with Crippen molar-refractivity contribution in [3.63, 3.8) is 0 Å². The maximum Gasteiger partial charge on any atom is 0.276 e. The molecule has 158 valence electrons. The van der Waals surface area contributed by atoms with Crippen molar-refractivity contribution in [2.45, 2.75) is 26.9 Å². The minimum atomic E-state index is -0.597. The first-order valence-corrected chi connectivity index (χ1v) is 9.48. The maximum atomic E-state index is 12.9. The molecule has 0 spiro atoms. The number of anilines is 1. The number of rotatable bonds is 8. The summed E-state index contributed by atoms with van der Waals surface area (Å²) in [6, 6.07) is 4.84. The first kappa shape index (κ1) is 21.1. The molecule has 3 rings (SSSR count). The van der Waals surface area contributed by atoms with Crippen LogP contribution in [0.2, 0.25) is 0 Å². The van der Waals surface area contributed by atoms with Crippen molar-refractivity contribution < 1.29 is 14.3 Å². The quantitative estimate of drug-likeness (QED) is 0.479. The number of nitrogens with two attached hydrogens (primary N) is 2. The van der Waals surface area contributed by atoms with E-state index in [4.69, 9.17) is 16.2 Å². The van der Waals surface area contributed by atoms with Crippen LogP contribution in [-0.4, -0.2) is 44.8 Å². The predicted molar refractivity (Wildman–Crippen MR) is 114 cm³/mol. The van der Waals surface area contributed by atoms with Gasteiger partial charge in [0.2, 0.25) is 11.9 Å². The zero-order valence-corrected chi connectivity index (χ0v) is 17.2. The topological polar surface area (TPSA) is 143 Å². The van der Waals surface area contributed by atoms with Gasteiger partial charge in [-0.1, -0.05) is 12.2 Å². The zero-order chi connectivity index (χ0) is 21.8. The average Bonchev–Trinajstić information content (AvgIpc) is 3.27. The molecule has 0 saturated heterocycles. The van der Waals surface area contributed by atoms with Crippen LogP contribution in [0.3, 0.4) is 0 Å². The number of allylic oxidation sites excluding steroid dienone is 1. The van der Waals surface area contributed by atoms with Crippen molar-refractivity contribution in [3.05, 3.63) is 47.3 Å². The third-order valence-corrected chi connectivity index (χ3v) is 4.56. The Kier molecular flexibility index (Phi) is 6.17. The van der Waals surface area contributed by atoms with Crippen molar-refractivity contribution in [2.24, 2.45) is 11.5 Å². The molecule has 1 aromatic carbocycles. The number of primary amides is 1. The minimum absolute atomic E-state index is 0.263. The number of aromatic nitrogens is 4. The van der Waals surface area contributed by atoms with E-state index in [1.54, 1.807) is 33.5 Å². The Balaban J connectivity index is 2.11. The van der Waals surface area contributed by atoms with Crippen molar-refractivity contribution in [1.29, 1.82) is 0 Å². The monoisotopic (exact) mass is 411 g/mol. The first-order valence-electron chi connectivity index (χ1n) is 9.48. The number of imidazole rings is 1. The number of ether oxygens (including phenoxy) is 1. The van der Waals surface area contributed by atoms with Crippen LogP contribution >= 0.6 is 0 Å². The molecule has 0 saturated carbocycles. The number of amides is 2. The van der Waals surface area contributed by atoms with Gasteiger partial charge in [0.25, 0.3) is 5.91 Å². The second-order valence-electron chi connectivity index (χ2n) is 6.60. The molecule has 30 heavy (non-hydrogen) atoms. The molecule has 10 heteroatoms. The first-order chi connectivity index (χ1) is 14.4. The standard InChI is InChI=1S/C20H25N7O3/c1-4-27-15(9-12(2)25-27)19(29)24-20-23-14-10-13(18(22)28)11-16(30-3)17(14)26(20)8-6-5-7-21/h5-6,9-11H,4,7-8,21H2,1-3H3,(H2,22,28)(H,23,24,29). The second-order valence-corrected chi connectivity index (χ2v) is 6.60. The van der Waals surface area contributed by atoms with Gasteiger partial charge in [-0.25, -0.2) is 4.98 Å². The summed E-state index contributed by atoms with van der Waals surface area (Å²) in [5.74, 6) is -0.213. The summed E-state index contributed by atoms with van der Waals surface area (Å²) in [6.45, 7) is 5.06. The molecule has 0 radical (unpaired) electrons. The van der Waals surface area contributed by atoms with Gasteiger partial charge in [-0.2, -0.15) is 5.10 Å². The molecule has 2 heterocycles. The lowest BCUT2D eigenvalue weighted by Crippen LogP contribution is -2.20. The van der Waals surface area contributed by atoms with E-state index in [1.807, 2.05) is 19.9 Å². The lowest BCUT2D eigenvalue weighted by molar-refractivity contribution is 0.0995. The lowest BCUT2D eigenvalue weighted by Gasteiger charge is -2.11. The average molecular weight is 411 g/mol. The molecule has 0 atom stereocenters. The van der Waals surface area contributed by atoms with E-state index in [0.717, 1.165) is 5.69 Å². The summed E-state index contributed by atoms with van der Waals surface area (Å²) in [7, 11) is 1.49. The highest BCUT2D eigenvalue weighted by Gasteiger charge is 2.21. The lowest BCUT2D eigenvalue weighted by atomic mass is 10.1. The van der Waals surface area contributed by atoms with E-state index < -0.39 is 5.91 Å². The Hall–Kier alpha value is -3.66. The van der Waals surface area contributed by atoms with Gasteiger partial charge in [0.15, 0.2) is 0 Å². The maximum absolute atomic E-state index is 12.9. The normalized spacial score (nSPS) is 11.3. The van der Waals surface area contributed by atoms with E-state index in [1.165, 1.54) is 7.11 Å². The Morgan fingerprint density at radius 2 is 2.03 bits per heavy atom. The number of aryl methyl sites for hydroxylation is 2. The van der Waals surface area contributed by atoms with Crippen LogP contribution in [0.1, 0.15) is 33.5 Å². The van der Waals surface area contributed by atoms with Crippen molar-refractivity contribution in [3.8, 4) is 5.75 Å². The number of nitrogens with one attached hydrogen (secondary N) is 1. The van der Waals surface area contributed by atoms with E-state index in [-0.39, 0.29) is 11.5 Å². The molecule has 0 aliphatic heterocycles. The highest BCUT2D eigenvalue weighted by atomic mass is 16.5. The fourth-order valence-corrected chi connectivity index (χ4v) is 3.21. The molecular formula is C20H25N7O3. The van der Waals surface area contributed by atoms with Crippen LogP contribution in [0.15, 0.2) is 30.4 Å². The van der Waals surface area contributed by atoms with Gasteiger partial charge >= 0.3 is 0 Å². The third-order valence-electron chi connectivity index (χ3n) is 4.56. The van der Waals surface area contributed by atoms with E-state index >= 15 is 0 Å². The van der Waals surface area contributed by atoms with Crippen molar-refractivity contribution in [1.82, 2.24) is 19.3 Å². The molecule has 3 aromatic rings. The largest absolute Gasteiger partial charge is 0.494 e. The second kappa shape index (κ2) is 8.78. The number of carbonyl (C=O) groups excluding carboxylic acids is 2. The number of fused-ring (bicyclic) bond motifs is 1. The number of benzene rings is 1. The third kappa shape index (κ3) is 4.03. The Morgan fingerprint density at radius 1 is 1.27 bits per heavy atom. The molecule has 0 aliphatic carbocycles. The van der Waals surface area contributed by atoms with Gasteiger partial charge in [-0.15, -0.1) is 0 Å². The van der Waals surface area contributed by atoms with Crippen LogP contribution in [0.4, 0.5) is 5.95 Å². The van der Waals surface area contributed by atoms with E-state index in [9.17, 15) is 9.59 Å². The molecule has 5 N–H and O–H groups in total. The number of hydrogen-bond donors (Lipinski definition) is 3.